The van der Waals surface area contributed by atoms with Gasteiger partial charge in [-0.25, -0.2) is 0 Å². The number of benzene rings is 1. The Hall–Kier alpha value is -3.69. The maximum atomic E-state index is 12.4. The summed E-state index contributed by atoms with van der Waals surface area (Å²) in [6, 6.07) is 4.04. The van der Waals surface area contributed by atoms with Crippen molar-refractivity contribution in [2.75, 3.05) is 12.4 Å². The van der Waals surface area contributed by atoms with Crippen LogP contribution in [-0.4, -0.2) is 37.5 Å². The summed E-state index contributed by atoms with van der Waals surface area (Å²) in [5, 5.41) is 22.4. The summed E-state index contributed by atoms with van der Waals surface area (Å²) in [5.74, 6) is -0.377. The van der Waals surface area contributed by atoms with Gasteiger partial charge in [-0.1, -0.05) is 0 Å². The SMILES string of the molecule is CCn1ncc(Cn2cc(NC(=O)c3ccc(OC)c([N+](=O)[O-])c3)cn2)c1C. The van der Waals surface area contributed by atoms with Gasteiger partial charge in [0.05, 0.1) is 36.7 Å². The third-order valence-electron chi connectivity index (χ3n) is 4.37. The Morgan fingerprint density at radius 1 is 1.32 bits per heavy atom. The molecule has 1 amide bonds. The van der Waals surface area contributed by atoms with Crippen LogP contribution >= 0.6 is 0 Å². The lowest BCUT2D eigenvalue weighted by atomic mass is 10.1. The first kappa shape index (κ1) is 19.1. The minimum Gasteiger partial charge on any atom is -0.490 e. The number of hydrogen-bond acceptors (Lipinski definition) is 6. The zero-order chi connectivity index (χ0) is 20.3. The Balaban J connectivity index is 1.72. The van der Waals surface area contributed by atoms with Gasteiger partial charge in [-0.3, -0.25) is 24.3 Å². The fourth-order valence-electron chi connectivity index (χ4n) is 2.83. The highest BCUT2D eigenvalue weighted by Gasteiger charge is 2.18. The summed E-state index contributed by atoms with van der Waals surface area (Å²) in [7, 11) is 1.34. The first-order valence-electron chi connectivity index (χ1n) is 8.60. The fourth-order valence-corrected chi connectivity index (χ4v) is 2.83. The molecule has 0 aliphatic carbocycles. The number of aryl methyl sites for hydroxylation is 1. The van der Waals surface area contributed by atoms with Crippen LogP contribution < -0.4 is 10.1 Å². The van der Waals surface area contributed by atoms with Gasteiger partial charge in [0.2, 0.25) is 0 Å². The van der Waals surface area contributed by atoms with E-state index in [1.165, 1.54) is 31.5 Å². The molecule has 1 N–H and O–H groups in total. The van der Waals surface area contributed by atoms with E-state index in [-0.39, 0.29) is 17.0 Å². The second kappa shape index (κ2) is 7.91. The Kier molecular flexibility index (Phi) is 5.39. The van der Waals surface area contributed by atoms with Gasteiger partial charge in [0.25, 0.3) is 5.91 Å². The van der Waals surface area contributed by atoms with Gasteiger partial charge in [-0.2, -0.15) is 10.2 Å². The van der Waals surface area contributed by atoms with E-state index in [9.17, 15) is 14.9 Å². The number of nitrogens with one attached hydrogen (secondary N) is 1. The van der Waals surface area contributed by atoms with Gasteiger partial charge in [0.15, 0.2) is 5.75 Å². The van der Waals surface area contributed by atoms with Crippen molar-refractivity contribution in [2.45, 2.75) is 26.9 Å². The lowest BCUT2D eigenvalue weighted by Gasteiger charge is -2.05. The second-order valence-corrected chi connectivity index (χ2v) is 6.10. The number of methoxy groups -OCH3 is 1. The molecule has 0 bridgehead atoms. The largest absolute Gasteiger partial charge is 0.490 e. The number of ether oxygens (including phenoxy) is 1. The highest BCUT2D eigenvalue weighted by Crippen LogP contribution is 2.27. The molecule has 10 heteroatoms. The zero-order valence-electron chi connectivity index (χ0n) is 15.7. The quantitative estimate of drug-likeness (QED) is 0.494. The van der Waals surface area contributed by atoms with Crippen molar-refractivity contribution in [1.29, 1.82) is 0 Å². The summed E-state index contributed by atoms with van der Waals surface area (Å²) < 4.78 is 8.54. The van der Waals surface area contributed by atoms with E-state index >= 15 is 0 Å². The van der Waals surface area contributed by atoms with E-state index in [0.717, 1.165) is 17.8 Å². The minimum absolute atomic E-state index is 0.0948. The van der Waals surface area contributed by atoms with E-state index < -0.39 is 10.8 Å². The molecular formula is C18H20N6O4. The average molecular weight is 384 g/mol. The lowest BCUT2D eigenvalue weighted by molar-refractivity contribution is -0.385. The first-order chi connectivity index (χ1) is 13.4. The number of nitro benzene ring substituents is 1. The third-order valence-corrected chi connectivity index (χ3v) is 4.37. The fraction of sp³-hybridized carbons (Fsp3) is 0.278. The van der Waals surface area contributed by atoms with Crippen LogP contribution in [0.25, 0.3) is 0 Å². The van der Waals surface area contributed by atoms with Crippen molar-refractivity contribution in [3.63, 3.8) is 0 Å². The molecule has 0 unspecified atom stereocenters. The molecule has 2 aromatic heterocycles. The van der Waals surface area contributed by atoms with Crippen molar-refractivity contribution in [3.05, 3.63) is 63.7 Å². The molecule has 0 radical (unpaired) electrons. The van der Waals surface area contributed by atoms with E-state index in [4.69, 9.17) is 4.74 Å². The lowest BCUT2D eigenvalue weighted by Crippen LogP contribution is -2.12. The van der Waals surface area contributed by atoms with Gasteiger partial charge in [0, 0.05) is 35.6 Å². The second-order valence-electron chi connectivity index (χ2n) is 6.10. The normalized spacial score (nSPS) is 10.7. The monoisotopic (exact) mass is 384 g/mol. The molecule has 1 aromatic carbocycles. The predicted molar refractivity (Wildman–Crippen MR) is 102 cm³/mol. The highest BCUT2D eigenvalue weighted by molar-refractivity contribution is 6.04. The molecule has 0 fully saturated rings. The molecule has 0 atom stereocenters. The van der Waals surface area contributed by atoms with Crippen molar-refractivity contribution >= 4 is 17.3 Å². The molecule has 0 saturated carbocycles. The smallest absolute Gasteiger partial charge is 0.311 e. The van der Waals surface area contributed by atoms with Crippen LogP contribution in [0.5, 0.6) is 5.75 Å². The number of carbonyl (C=O) groups is 1. The number of anilines is 1. The van der Waals surface area contributed by atoms with Crippen LogP contribution in [0.2, 0.25) is 0 Å². The van der Waals surface area contributed by atoms with E-state index in [2.05, 4.69) is 15.5 Å². The van der Waals surface area contributed by atoms with E-state index in [0.29, 0.717) is 12.2 Å². The zero-order valence-corrected chi connectivity index (χ0v) is 15.7. The number of aromatic nitrogens is 4. The molecule has 0 spiro atoms. The van der Waals surface area contributed by atoms with Gasteiger partial charge in [0.1, 0.15) is 0 Å². The summed E-state index contributed by atoms with van der Waals surface area (Å²) in [6.07, 6.45) is 5.02. The molecule has 28 heavy (non-hydrogen) atoms. The Labute approximate surface area is 160 Å². The topological polar surface area (TPSA) is 117 Å². The highest BCUT2D eigenvalue weighted by atomic mass is 16.6. The molecule has 0 aliphatic heterocycles. The summed E-state index contributed by atoms with van der Waals surface area (Å²) >= 11 is 0. The number of hydrogen-bond donors (Lipinski definition) is 1. The van der Waals surface area contributed by atoms with E-state index in [1.807, 2.05) is 18.5 Å². The Morgan fingerprint density at radius 2 is 2.11 bits per heavy atom. The van der Waals surface area contributed by atoms with Crippen molar-refractivity contribution in [3.8, 4) is 5.75 Å². The summed E-state index contributed by atoms with van der Waals surface area (Å²) in [5.41, 5.74) is 2.47. The average Bonchev–Trinajstić information content (AvgIpc) is 3.27. The van der Waals surface area contributed by atoms with Crippen LogP contribution in [0.4, 0.5) is 11.4 Å². The maximum absolute atomic E-state index is 12.4. The number of amides is 1. The van der Waals surface area contributed by atoms with Crippen LogP contribution in [0.3, 0.4) is 0 Å². The van der Waals surface area contributed by atoms with Gasteiger partial charge in [-0.15, -0.1) is 0 Å². The molecule has 2 heterocycles. The maximum Gasteiger partial charge on any atom is 0.311 e. The van der Waals surface area contributed by atoms with Crippen LogP contribution in [-0.2, 0) is 13.1 Å². The molecule has 0 aliphatic rings. The van der Waals surface area contributed by atoms with Gasteiger partial charge >= 0.3 is 5.69 Å². The molecular weight excluding hydrogens is 364 g/mol. The van der Waals surface area contributed by atoms with E-state index in [1.54, 1.807) is 17.1 Å². The molecule has 146 valence electrons. The predicted octanol–water partition coefficient (Wildman–Crippen LogP) is 2.63. The Morgan fingerprint density at radius 3 is 2.75 bits per heavy atom. The van der Waals surface area contributed by atoms with Crippen molar-refractivity contribution < 1.29 is 14.5 Å². The van der Waals surface area contributed by atoms with Crippen LogP contribution in [0.1, 0.15) is 28.5 Å². The summed E-state index contributed by atoms with van der Waals surface area (Å²) in [4.78, 5) is 23.0. The molecule has 3 rings (SSSR count). The number of nitro groups is 1. The van der Waals surface area contributed by atoms with Crippen LogP contribution in [0, 0.1) is 17.0 Å². The first-order valence-corrected chi connectivity index (χ1v) is 8.60. The van der Waals surface area contributed by atoms with Gasteiger partial charge < -0.3 is 10.1 Å². The molecule has 3 aromatic rings. The number of nitrogens with zero attached hydrogens (tertiary/aromatic N) is 5. The van der Waals surface area contributed by atoms with Gasteiger partial charge in [-0.05, 0) is 26.0 Å². The number of rotatable bonds is 7. The number of carbonyl (C=O) groups excluding carboxylic acids is 1. The standard InChI is InChI=1S/C18H20N6O4/c1-4-23-12(2)14(8-20-23)10-22-11-15(9-19-22)21-18(25)13-5-6-17(28-3)16(7-13)24(26)27/h5-9,11H,4,10H2,1-3H3,(H,21,25). The van der Waals surface area contributed by atoms with Crippen molar-refractivity contribution in [1.82, 2.24) is 19.6 Å². The molecule has 0 saturated heterocycles. The third kappa shape index (κ3) is 3.85. The Bertz CT molecular complexity index is 1020. The van der Waals surface area contributed by atoms with Crippen molar-refractivity contribution in [2.24, 2.45) is 0 Å². The minimum atomic E-state index is -0.591. The molecule has 10 nitrogen and oxygen atoms in total. The van der Waals surface area contributed by atoms with Crippen LogP contribution in [0.15, 0.2) is 36.8 Å². The summed E-state index contributed by atoms with van der Waals surface area (Å²) in [6.45, 7) is 5.33.